The minimum absolute atomic E-state index is 0.0238. The van der Waals surface area contributed by atoms with E-state index in [0.29, 0.717) is 5.56 Å². The molecule has 6 rings (SSSR count). The number of carbonyl (C=O) groups is 2. The maximum absolute atomic E-state index is 14.2. The predicted molar refractivity (Wildman–Crippen MR) is 172 cm³/mol. The molecule has 0 spiro atoms. The molecule has 1 aromatic heterocycles. The van der Waals surface area contributed by atoms with Crippen molar-refractivity contribution in [2.45, 2.75) is 18.6 Å². The normalized spacial score (nSPS) is 11.3. The van der Waals surface area contributed by atoms with Gasteiger partial charge >= 0.3 is 11.7 Å². The second kappa shape index (κ2) is 12.3. The zero-order valence-corrected chi connectivity index (χ0v) is 24.2. The Bertz CT molecular complexity index is 2010. The first-order valence-corrected chi connectivity index (χ1v) is 14.4. The predicted octanol–water partition coefficient (Wildman–Crippen LogP) is 5.02. The summed E-state index contributed by atoms with van der Waals surface area (Å²) in [5, 5.41) is 13.1. The van der Waals surface area contributed by atoms with Crippen LogP contribution in [0.15, 0.2) is 149 Å². The number of nitrogens with one attached hydrogen (secondary N) is 1. The monoisotopic (exact) mass is 595 g/mol. The first-order valence-electron chi connectivity index (χ1n) is 14.4. The van der Waals surface area contributed by atoms with Crippen LogP contribution in [0, 0.1) is 0 Å². The molecule has 222 valence electrons. The first kappa shape index (κ1) is 29.1. The number of hydrogen-bond donors (Lipinski definition) is 2. The van der Waals surface area contributed by atoms with E-state index in [1.54, 1.807) is 24.3 Å². The highest BCUT2D eigenvalue weighted by Gasteiger charge is 2.38. The largest absolute Gasteiger partial charge is 0.480 e. The van der Waals surface area contributed by atoms with Gasteiger partial charge in [-0.3, -0.25) is 23.5 Å². The third-order valence-electron chi connectivity index (χ3n) is 7.89. The van der Waals surface area contributed by atoms with Crippen LogP contribution in [-0.4, -0.2) is 26.1 Å². The molecule has 0 aliphatic carbocycles. The highest BCUT2D eigenvalue weighted by molar-refractivity contribution is 5.99. The average Bonchev–Trinajstić information content (AvgIpc) is 3.08. The first-order chi connectivity index (χ1) is 21.9. The van der Waals surface area contributed by atoms with Crippen molar-refractivity contribution in [2.75, 3.05) is 0 Å². The summed E-state index contributed by atoms with van der Waals surface area (Å²) < 4.78 is 2.04. The zero-order chi connectivity index (χ0) is 31.4. The summed E-state index contributed by atoms with van der Waals surface area (Å²) >= 11 is 0. The van der Waals surface area contributed by atoms with Crippen LogP contribution >= 0.6 is 0 Å². The maximum atomic E-state index is 14.2. The molecule has 2 N–H and O–H groups in total. The Balaban J connectivity index is 1.51. The van der Waals surface area contributed by atoms with Crippen molar-refractivity contribution in [3.05, 3.63) is 188 Å². The fourth-order valence-corrected chi connectivity index (χ4v) is 5.77. The van der Waals surface area contributed by atoms with E-state index in [9.17, 15) is 24.3 Å². The molecule has 1 amide bonds. The number of benzene rings is 5. The van der Waals surface area contributed by atoms with E-state index >= 15 is 0 Å². The van der Waals surface area contributed by atoms with Crippen LogP contribution in [-0.2, 0) is 23.4 Å². The number of rotatable bonds is 9. The number of carboxylic acid groups (broad SMARTS) is 1. The lowest BCUT2D eigenvalue weighted by Gasteiger charge is -2.37. The van der Waals surface area contributed by atoms with Crippen molar-refractivity contribution in [3.63, 3.8) is 0 Å². The maximum Gasteiger partial charge on any atom is 0.332 e. The summed E-state index contributed by atoms with van der Waals surface area (Å²) in [5.74, 6) is -1.73. The van der Waals surface area contributed by atoms with Crippen molar-refractivity contribution in [1.82, 2.24) is 14.5 Å². The van der Waals surface area contributed by atoms with Gasteiger partial charge in [-0.2, -0.15) is 0 Å². The van der Waals surface area contributed by atoms with Crippen molar-refractivity contribution in [1.29, 1.82) is 0 Å². The van der Waals surface area contributed by atoms with E-state index < -0.39 is 35.2 Å². The number of hydrogen-bond acceptors (Lipinski definition) is 4. The van der Waals surface area contributed by atoms with Gasteiger partial charge in [0.05, 0.1) is 17.4 Å². The standard InChI is InChI=1S/C37H29N3O5/c41-33(42)25-39-32-23-27(21-22-31(32)35(44)40(36(39)45)24-26-13-5-1-6-14-26)34(43)38-37(28-15-7-2-8-16-28,29-17-9-3-10-18-29)30-19-11-4-12-20-30/h1-23H,24-25H2,(H,38,43)(H,41,42). The molecule has 0 atom stereocenters. The van der Waals surface area contributed by atoms with Gasteiger partial charge in [0.15, 0.2) is 0 Å². The summed E-state index contributed by atoms with van der Waals surface area (Å²) in [5.41, 5.74) is 0.961. The van der Waals surface area contributed by atoms with Crippen LogP contribution in [0.4, 0.5) is 0 Å². The lowest BCUT2D eigenvalue weighted by atomic mass is 9.77. The Morgan fingerprint density at radius 1 is 0.644 bits per heavy atom. The number of aliphatic carboxylic acids is 1. The Morgan fingerprint density at radius 2 is 1.13 bits per heavy atom. The SMILES string of the molecule is O=C(O)Cn1c(=O)n(Cc2ccccc2)c(=O)c2ccc(C(=O)NC(c3ccccc3)(c3ccccc3)c3ccccc3)cc21. The highest BCUT2D eigenvalue weighted by Crippen LogP contribution is 2.37. The molecule has 0 aliphatic heterocycles. The van der Waals surface area contributed by atoms with Crippen LogP contribution in [0.1, 0.15) is 32.6 Å². The Kier molecular flexibility index (Phi) is 7.95. The van der Waals surface area contributed by atoms with Gasteiger partial charge in [0, 0.05) is 5.56 Å². The fraction of sp³-hybridized carbons (Fsp3) is 0.0811. The summed E-state index contributed by atoms with van der Waals surface area (Å²) in [6, 6.07) is 42.2. The number of fused-ring (bicyclic) bond motifs is 1. The molecule has 0 radical (unpaired) electrons. The van der Waals surface area contributed by atoms with Gasteiger partial charge < -0.3 is 10.4 Å². The second-order valence-corrected chi connectivity index (χ2v) is 10.7. The van der Waals surface area contributed by atoms with Gasteiger partial charge in [0.1, 0.15) is 12.1 Å². The van der Waals surface area contributed by atoms with Gasteiger partial charge in [-0.1, -0.05) is 121 Å². The quantitative estimate of drug-likeness (QED) is 0.228. The van der Waals surface area contributed by atoms with Crippen LogP contribution < -0.4 is 16.6 Å². The third-order valence-corrected chi connectivity index (χ3v) is 7.89. The number of nitrogens with zero attached hydrogens (tertiary/aromatic N) is 2. The van der Waals surface area contributed by atoms with Gasteiger partial charge in [-0.15, -0.1) is 0 Å². The number of carbonyl (C=O) groups excluding carboxylic acids is 1. The van der Waals surface area contributed by atoms with E-state index in [1.807, 2.05) is 97.1 Å². The molecule has 8 heteroatoms. The number of carboxylic acids is 1. The molecule has 6 aromatic rings. The average molecular weight is 596 g/mol. The third kappa shape index (κ3) is 5.57. The lowest BCUT2D eigenvalue weighted by Crippen LogP contribution is -2.48. The summed E-state index contributed by atoms with van der Waals surface area (Å²) in [6.07, 6.45) is 0. The molecule has 0 unspecified atom stereocenters. The van der Waals surface area contributed by atoms with Gasteiger partial charge in [-0.05, 0) is 40.5 Å². The van der Waals surface area contributed by atoms with Crippen molar-refractivity contribution in [2.24, 2.45) is 0 Å². The van der Waals surface area contributed by atoms with Crippen molar-refractivity contribution in [3.8, 4) is 0 Å². The number of aromatic nitrogens is 2. The minimum Gasteiger partial charge on any atom is -0.480 e. The van der Waals surface area contributed by atoms with E-state index in [4.69, 9.17) is 0 Å². The summed E-state index contributed by atoms with van der Waals surface area (Å²) in [6.45, 7) is -0.707. The van der Waals surface area contributed by atoms with Crippen LogP contribution in [0.3, 0.4) is 0 Å². The molecule has 0 aliphatic rings. The molecule has 45 heavy (non-hydrogen) atoms. The van der Waals surface area contributed by atoms with E-state index in [-0.39, 0.29) is 23.0 Å². The minimum atomic E-state index is -1.26. The van der Waals surface area contributed by atoms with E-state index in [0.717, 1.165) is 25.8 Å². The fourth-order valence-electron chi connectivity index (χ4n) is 5.77. The molecule has 1 heterocycles. The molecular weight excluding hydrogens is 566 g/mol. The van der Waals surface area contributed by atoms with Gasteiger partial charge in [-0.25, -0.2) is 4.79 Å². The zero-order valence-electron chi connectivity index (χ0n) is 24.2. The van der Waals surface area contributed by atoms with Gasteiger partial charge in [0.25, 0.3) is 11.5 Å². The molecule has 5 aromatic carbocycles. The van der Waals surface area contributed by atoms with Crippen molar-refractivity contribution < 1.29 is 14.7 Å². The molecule has 8 nitrogen and oxygen atoms in total. The smallest absolute Gasteiger partial charge is 0.332 e. The molecule has 0 saturated heterocycles. The van der Waals surface area contributed by atoms with Crippen molar-refractivity contribution >= 4 is 22.8 Å². The topological polar surface area (TPSA) is 110 Å². The van der Waals surface area contributed by atoms with E-state index in [2.05, 4.69) is 5.32 Å². The van der Waals surface area contributed by atoms with Crippen LogP contribution in [0.2, 0.25) is 0 Å². The van der Waals surface area contributed by atoms with Gasteiger partial charge in [0.2, 0.25) is 0 Å². The molecule has 0 saturated carbocycles. The van der Waals surface area contributed by atoms with Crippen LogP contribution in [0.25, 0.3) is 10.9 Å². The van der Waals surface area contributed by atoms with E-state index in [1.165, 1.54) is 18.2 Å². The second-order valence-electron chi connectivity index (χ2n) is 10.7. The highest BCUT2D eigenvalue weighted by atomic mass is 16.4. The lowest BCUT2D eigenvalue weighted by molar-refractivity contribution is -0.137. The Hall–Kier alpha value is -6.02. The Labute approximate surface area is 258 Å². The summed E-state index contributed by atoms with van der Waals surface area (Å²) in [7, 11) is 0. The number of amides is 1. The summed E-state index contributed by atoms with van der Waals surface area (Å²) in [4.78, 5) is 53.2. The van der Waals surface area contributed by atoms with Crippen LogP contribution in [0.5, 0.6) is 0 Å². The molecule has 0 fully saturated rings. The molecule has 0 bridgehead atoms. The Morgan fingerprint density at radius 3 is 1.62 bits per heavy atom. The molecular formula is C37H29N3O5.